The first-order valence-electron chi connectivity index (χ1n) is 7.92. The number of nitrogens with zero attached hydrogens (tertiary/aromatic N) is 2. The molecular formula is C16H22N2O4. The van der Waals surface area contributed by atoms with Gasteiger partial charge in [0, 0.05) is 31.8 Å². The summed E-state index contributed by atoms with van der Waals surface area (Å²) in [5, 5.41) is 11.0. The van der Waals surface area contributed by atoms with Gasteiger partial charge in [0.2, 0.25) is 0 Å². The molecule has 2 aliphatic rings. The van der Waals surface area contributed by atoms with E-state index in [9.17, 15) is 10.1 Å². The average molecular weight is 306 g/mol. The van der Waals surface area contributed by atoms with Gasteiger partial charge in [-0.05, 0) is 31.2 Å². The van der Waals surface area contributed by atoms with Gasteiger partial charge in [0.25, 0.3) is 0 Å². The Morgan fingerprint density at radius 1 is 1.32 bits per heavy atom. The largest absolute Gasteiger partial charge is 0.485 e. The van der Waals surface area contributed by atoms with Gasteiger partial charge in [-0.3, -0.25) is 15.0 Å². The summed E-state index contributed by atoms with van der Waals surface area (Å²) < 4.78 is 11.1. The highest BCUT2D eigenvalue weighted by molar-refractivity contribution is 5.45. The highest BCUT2D eigenvalue weighted by atomic mass is 16.6. The van der Waals surface area contributed by atoms with Gasteiger partial charge in [0.1, 0.15) is 6.61 Å². The molecule has 0 N–H and O–H groups in total. The van der Waals surface area contributed by atoms with E-state index in [0.29, 0.717) is 24.3 Å². The van der Waals surface area contributed by atoms with Crippen LogP contribution < -0.4 is 4.74 Å². The molecule has 1 saturated heterocycles. The summed E-state index contributed by atoms with van der Waals surface area (Å²) in [5.74, 6) is 0.971. The second-order valence-corrected chi connectivity index (χ2v) is 6.03. The third-order valence-electron chi connectivity index (χ3n) is 4.28. The molecule has 1 atom stereocenters. The van der Waals surface area contributed by atoms with E-state index in [0.717, 1.165) is 32.7 Å². The first-order valence-corrected chi connectivity index (χ1v) is 7.92. The summed E-state index contributed by atoms with van der Waals surface area (Å²) in [5.41, 5.74) is 0.0321. The number of hydrogen-bond acceptors (Lipinski definition) is 5. The number of nitro groups is 1. The molecule has 0 spiro atoms. The fraction of sp³-hybridized carbons (Fsp3) is 0.625. The van der Waals surface area contributed by atoms with E-state index in [1.54, 1.807) is 18.2 Å². The molecule has 22 heavy (non-hydrogen) atoms. The Hall–Kier alpha value is -1.66. The number of nitro benzene ring substituents is 1. The predicted octanol–water partition coefficient (Wildman–Crippen LogP) is 2.47. The molecule has 6 nitrogen and oxygen atoms in total. The first-order chi connectivity index (χ1) is 10.7. The van der Waals surface area contributed by atoms with Crippen molar-refractivity contribution in [3.8, 4) is 5.75 Å². The number of rotatable bonds is 8. The van der Waals surface area contributed by atoms with Crippen molar-refractivity contribution in [2.75, 3.05) is 32.9 Å². The summed E-state index contributed by atoms with van der Waals surface area (Å²) in [6.07, 6.45) is 3.63. The van der Waals surface area contributed by atoms with Crippen molar-refractivity contribution < 1.29 is 14.4 Å². The van der Waals surface area contributed by atoms with Gasteiger partial charge in [-0.2, -0.15) is 0 Å². The minimum absolute atomic E-state index is 0.0321. The fourth-order valence-electron chi connectivity index (χ4n) is 2.92. The Bertz CT molecular complexity index is 513. The zero-order valence-electron chi connectivity index (χ0n) is 12.6. The number of para-hydroxylation sites is 2. The molecule has 1 aromatic carbocycles. The lowest BCUT2D eigenvalue weighted by atomic mass is 10.1. The molecule has 1 saturated carbocycles. The van der Waals surface area contributed by atoms with Crippen molar-refractivity contribution in [1.29, 1.82) is 0 Å². The summed E-state index contributed by atoms with van der Waals surface area (Å²) in [4.78, 5) is 13.0. The molecule has 0 aromatic heterocycles. The normalized spacial score (nSPS) is 21.2. The van der Waals surface area contributed by atoms with Crippen molar-refractivity contribution in [1.82, 2.24) is 4.90 Å². The zero-order valence-corrected chi connectivity index (χ0v) is 12.6. The van der Waals surface area contributed by atoms with Crippen molar-refractivity contribution in [2.24, 2.45) is 5.92 Å². The molecule has 3 rings (SSSR count). The number of ether oxygens (including phenoxy) is 2. The van der Waals surface area contributed by atoms with Gasteiger partial charge in [0.05, 0.1) is 11.5 Å². The Kier molecular flexibility index (Phi) is 4.90. The molecule has 1 aliphatic heterocycles. The minimum Gasteiger partial charge on any atom is -0.485 e. The third-order valence-corrected chi connectivity index (χ3v) is 4.28. The van der Waals surface area contributed by atoms with Crippen LogP contribution in [0.3, 0.4) is 0 Å². The molecule has 0 unspecified atom stereocenters. The van der Waals surface area contributed by atoms with Crippen LogP contribution in [0.1, 0.15) is 19.3 Å². The second kappa shape index (κ2) is 7.07. The standard InChI is InChI=1S/C16H22N2O4/c19-18(20)15-3-1-2-4-16(15)22-10-8-17(14-5-6-14)11-13-7-9-21-12-13/h1-4,13-14H,5-12H2/t13-/m0/s1. The monoisotopic (exact) mass is 306 g/mol. The highest BCUT2D eigenvalue weighted by Crippen LogP contribution is 2.29. The molecule has 6 heteroatoms. The fourth-order valence-corrected chi connectivity index (χ4v) is 2.92. The first kappa shape index (κ1) is 15.2. The smallest absolute Gasteiger partial charge is 0.310 e. The summed E-state index contributed by atoms with van der Waals surface area (Å²) in [6.45, 7) is 4.07. The SMILES string of the molecule is O=[N+]([O-])c1ccccc1OCCN(C[C@@H]1CCOC1)C1CC1. The Labute approximate surface area is 130 Å². The lowest BCUT2D eigenvalue weighted by molar-refractivity contribution is -0.385. The Morgan fingerprint density at radius 3 is 2.82 bits per heavy atom. The van der Waals surface area contributed by atoms with Crippen molar-refractivity contribution in [3.63, 3.8) is 0 Å². The molecular weight excluding hydrogens is 284 g/mol. The van der Waals surface area contributed by atoms with E-state index in [1.807, 2.05) is 0 Å². The molecule has 120 valence electrons. The molecule has 1 aliphatic carbocycles. The van der Waals surface area contributed by atoms with Crippen LogP contribution in [0.4, 0.5) is 5.69 Å². The van der Waals surface area contributed by atoms with Crippen LogP contribution in [-0.4, -0.2) is 48.8 Å². The highest BCUT2D eigenvalue weighted by Gasteiger charge is 2.31. The van der Waals surface area contributed by atoms with E-state index < -0.39 is 4.92 Å². The molecule has 0 bridgehead atoms. The van der Waals surface area contributed by atoms with Gasteiger partial charge in [-0.25, -0.2) is 0 Å². The topological polar surface area (TPSA) is 64.8 Å². The van der Waals surface area contributed by atoms with Gasteiger partial charge >= 0.3 is 5.69 Å². The van der Waals surface area contributed by atoms with E-state index in [2.05, 4.69) is 4.90 Å². The maximum Gasteiger partial charge on any atom is 0.310 e. The van der Waals surface area contributed by atoms with Crippen molar-refractivity contribution in [2.45, 2.75) is 25.3 Å². The van der Waals surface area contributed by atoms with E-state index in [1.165, 1.54) is 18.9 Å². The molecule has 1 heterocycles. The quantitative estimate of drug-likeness (QED) is 0.545. The van der Waals surface area contributed by atoms with Gasteiger partial charge in [0.15, 0.2) is 5.75 Å². The van der Waals surface area contributed by atoms with Crippen LogP contribution in [0.15, 0.2) is 24.3 Å². The lowest BCUT2D eigenvalue weighted by Gasteiger charge is -2.24. The summed E-state index contributed by atoms with van der Waals surface area (Å²) in [7, 11) is 0. The Balaban J connectivity index is 1.51. The van der Waals surface area contributed by atoms with Crippen LogP contribution >= 0.6 is 0 Å². The molecule has 0 amide bonds. The second-order valence-electron chi connectivity index (χ2n) is 6.03. The van der Waals surface area contributed by atoms with Gasteiger partial charge < -0.3 is 9.47 Å². The van der Waals surface area contributed by atoms with E-state index in [4.69, 9.17) is 9.47 Å². The van der Waals surface area contributed by atoms with Crippen LogP contribution in [0.25, 0.3) is 0 Å². The number of hydrogen-bond donors (Lipinski definition) is 0. The van der Waals surface area contributed by atoms with E-state index in [-0.39, 0.29) is 5.69 Å². The summed E-state index contributed by atoms with van der Waals surface area (Å²) in [6, 6.07) is 7.21. The van der Waals surface area contributed by atoms with Crippen LogP contribution in [0, 0.1) is 16.0 Å². The van der Waals surface area contributed by atoms with E-state index >= 15 is 0 Å². The van der Waals surface area contributed by atoms with Crippen LogP contribution in [0.5, 0.6) is 5.75 Å². The Morgan fingerprint density at radius 2 is 2.14 bits per heavy atom. The maximum atomic E-state index is 11.0. The molecule has 1 aromatic rings. The summed E-state index contributed by atoms with van der Waals surface area (Å²) >= 11 is 0. The number of benzene rings is 1. The minimum atomic E-state index is -0.399. The molecule has 0 radical (unpaired) electrons. The average Bonchev–Trinajstić information content (AvgIpc) is 3.24. The molecule has 2 fully saturated rings. The van der Waals surface area contributed by atoms with Crippen molar-refractivity contribution >= 4 is 5.69 Å². The lowest BCUT2D eigenvalue weighted by Crippen LogP contribution is -2.35. The van der Waals surface area contributed by atoms with Gasteiger partial charge in [-0.1, -0.05) is 12.1 Å². The van der Waals surface area contributed by atoms with Gasteiger partial charge in [-0.15, -0.1) is 0 Å². The van der Waals surface area contributed by atoms with Crippen LogP contribution in [0.2, 0.25) is 0 Å². The zero-order chi connectivity index (χ0) is 15.4. The third kappa shape index (κ3) is 3.96. The predicted molar refractivity (Wildman–Crippen MR) is 82.1 cm³/mol. The van der Waals surface area contributed by atoms with Crippen LogP contribution in [-0.2, 0) is 4.74 Å². The van der Waals surface area contributed by atoms with Crippen molar-refractivity contribution in [3.05, 3.63) is 34.4 Å². The maximum absolute atomic E-state index is 11.0.